The number of hydrogen-bond acceptors (Lipinski definition) is 6. The molecule has 0 aromatic carbocycles. The quantitative estimate of drug-likeness (QED) is 0.505. The fourth-order valence-corrected chi connectivity index (χ4v) is 4.83. The van der Waals surface area contributed by atoms with Crippen LogP contribution in [0.1, 0.15) is 46.0 Å². The summed E-state index contributed by atoms with van der Waals surface area (Å²) in [6.45, 7) is 19.5. The molecule has 0 spiro atoms. The van der Waals surface area contributed by atoms with Gasteiger partial charge in [-0.3, -0.25) is 4.79 Å². The first-order valence-electron chi connectivity index (χ1n) is 11.0. The summed E-state index contributed by atoms with van der Waals surface area (Å²) in [6, 6.07) is 3.14. The van der Waals surface area contributed by atoms with Crippen LogP contribution in [-0.2, 0) is 4.79 Å². The van der Waals surface area contributed by atoms with E-state index in [0.29, 0.717) is 30.7 Å². The molecule has 3 rings (SSSR count). The maximum atomic E-state index is 11.4. The van der Waals surface area contributed by atoms with Gasteiger partial charge in [-0.05, 0) is 39.7 Å². The van der Waals surface area contributed by atoms with Crippen LogP contribution in [0.25, 0.3) is 4.85 Å². The summed E-state index contributed by atoms with van der Waals surface area (Å²) >= 11 is 0. The second-order valence-electron chi connectivity index (χ2n) is 8.67. The Morgan fingerprint density at radius 3 is 2.41 bits per heavy atom. The predicted octanol–water partition coefficient (Wildman–Crippen LogP) is 2.14. The maximum absolute atomic E-state index is 11.4. The van der Waals surface area contributed by atoms with Gasteiger partial charge in [-0.25, -0.2) is 10.1 Å². The van der Waals surface area contributed by atoms with E-state index >= 15 is 0 Å². The van der Waals surface area contributed by atoms with Crippen molar-refractivity contribution in [1.82, 2.24) is 19.6 Å². The molecule has 3 fully saturated rings. The Morgan fingerprint density at radius 1 is 1.14 bits per heavy atom. The zero-order valence-corrected chi connectivity index (χ0v) is 17.9. The highest BCUT2D eigenvalue weighted by Gasteiger charge is 2.35. The van der Waals surface area contributed by atoms with Gasteiger partial charge in [0.25, 0.3) is 0 Å². The Labute approximate surface area is 175 Å². The molecule has 29 heavy (non-hydrogen) atoms. The molecule has 0 aromatic rings. The van der Waals surface area contributed by atoms with Gasteiger partial charge in [-0.2, -0.15) is 0 Å². The highest BCUT2D eigenvalue weighted by molar-refractivity contribution is 5.79. The average molecular weight is 399 g/mol. The molecule has 0 unspecified atom stereocenters. The number of nitrogens with zero attached hydrogens (tertiary/aromatic N) is 6. The van der Waals surface area contributed by atoms with Crippen LogP contribution in [0.15, 0.2) is 11.5 Å². The molecule has 0 atom stereocenters. The van der Waals surface area contributed by atoms with Crippen molar-refractivity contribution in [1.29, 1.82) is 5.26 Å². The molecule has 0 aromatic heterocycles. The molecule has 7 heteroatoms. The van der Waals surface area contributed by atoms with Gasteiger partial charge >= 0.3 is 5.70 Å². The minimum atomic E-state index is 0.234. The van der Waals surface area contributed by atoms with E-state index in [2.05, 4.69) is 44.4 Å². The third-order valence-electron chi connectivity index (χ3n) is 6.60. The second kappa shape index (κ2) is 10.1. The number of allylic oxidation sites excluding steroid dienone is 1. The van der Waals surface area contributed by atoms with Crippen molar-refractivity contribution < 1.29 is 4.79 Å². The standard InChI is InChI=1S/C22H34N6O/c1-18(2)26-13-5-19(6-14-26)28-16-15-27(22(28)21(17-23)24-3)10-4-9-25-11-7-20(29)8-12-25/h18-19H,4-16H2,1-2H3. The lowest BCUT2D eigenvalue weighted by Gasteiger charge is -2.40. The molecule has 3 saturated heterocycles. The van der Waals surface area contributed by atoms with Crippen molar-refractivity contribution in [2.75, 3.05) is 52.4 Å². The predicted molar refractivity (Wildman–Crippen MR) is 113 cm³/mol. The van der Waals surface area contributed by atoms with Crippen LogP contribution in [0.4, 0.5) is 0 Å². The SMILES string of the molecule is [C-]#[N+]C(C#N)=C1N(CCCN2CCC(=O)CC2)CCN1C1CCN(C(C)C)CC1. The Hall–Kier alpha value is -2.09. The molecular weight excluding hydrogens is 364 g/mol. The van der Waals surface area contributed by atoms with E-state index in [0.717, 1.165) is 77.4 Å². The molecule has 0 radical (unpaired) electrons. The molecule has 3 aliphatic heterocycles. The van der Waals surface area contributed by atoms with E-state index in [1.165, 1.54) is 0 Å². The van der Waals surface area contributed by atoms with E-state index in [1.807, 2.05) is 0 Å². The zero-order valence-electron chi connectivity index (χ0n) is 17.9. The molecular formula is C22H34N6O. The molecule has 0 amide bonds. The molecule has 158 valence electrons. The zero-order chi connectivity index (χ0) is 20.8. The Kier molecular flexibility index (Phi) is 7.52. The molecule has 0 bridgehead atoms. The second-order valence-corrected chi connectivity index (χ2v) is 8.67. The fourth-order valence-electron chi connectivity index (χ4n) is 4.83. The molecule has 7 nitrogen and oxygen atoms in total. The van der Waals surface area contributed by atoms with Crippen molar-refractivity contribution in [2.45, 2.75) is 58.0 Å². The first-order valence-corrected chi connectivity index (χ1v) is 11.0. The van der Waals surface area contributed by atoms with Crippen LogP contribution >= 0.6 is 0 Å². The first-order chi connectivity index (χ1) is 14.0. The maximum Gasteiger partial charge on any atom is 0.300 e. The molecule has 3 aliphatic rings. The highest BCUT2D eigenvalue weighted by Crippen LogP contribution is 2.30. The molecule has 0 N–H and O–H groups in total. The summed E-state index contributed by atoms with van der Waals surface area (Å²) < 4.78 is 0. The fraction of sp³-hybridized carbons (Fsp3) is 0.773. The lowest BCUT2D eigenvalue weighted by Crippen LogP contribution is -2.46. The van der Waals surface area contributed by atoms with Crippen molar-refractivity contribution in [3.8, 4) is 6.07 Å². The lowest BCUT2D eigenvalue weighted by atomic mass is 10.0. The first kappa shape index (κ1) is 21.6. The topological polar surface area (TPSA) is 58.2 Å². The van der Waals surface area contributed by atoms with Gasteiger partial charge in [-0.1, -0.05) is 0 Å². The average Bonchev–Trinajstić information content (AvgIpc) is 3.14. The largest absolute Gasteiger partial charge is 0.365 e. The Balaban J connectivity index is 1.60. The highest BCUT2D eigenvalue weighted by atomic mass is 16.1. The summed E-state index contributed by atoms with van der Waals surface area (Å²) in [5.41, 5.74) is 0.234. The summed E-state index contributed by atoms with van der Waals surface area (Å²) in [5.74, 6) is 1.24. The van der Waals surface area contributed by atoms with E-state index in [-0.39, 0.29) is 5.70 Å². The summed E-state index contributed by atoms with van der Waals surface area (Å²) in [5, 5.41) is 9.57. The summed E-state index contributed by atoms with van der Waals surface area (Å²) in [4.78, 5) is 24.4. The van der Waals surface area contributed by atoms with Gasteiger partial charge in [0.2, 0.25) is 0 Å². The number of piperidine rings is 2. The van der Waals surface area contributed by atoms with Crippen molar-refractivity contribution in [3.05, 3.63) is 22.9 Å². The minimum Gasteiger partial charge on any atom is -0.365 e. The van der Waals surface area contributed by atoms with E-state index in [9.17, 15) is 10.1 Å². The lowest BCUT2D eigenvalue weighted by molar-refractivity contribution is -0.121. The number of rotatable bonds is 6. The van der Waals surface area contributed by atoms with Crippen LogP contribution < -0.4 is 0 Å². The van der Waals surface area contributed by atoms with E-state index in [1.54, 1.807) is 0 Å². The van der Waals surface area contributed by atoms with Gasteiger partial charge in [0.05, 0.1) is 12.6 Å². The van der Waals surface area contributed by atoms with Gasteiger partial charge in [0.1, 0.15) is 11.6 Å². The number of nitriles is 1. The number of carbonyl (C=O) groups is 1. The van der Waals surface area contributed by atoms with Gasteiger partial charge in [0, 0.05) is 70.7 Å². The number of hydrogen-bond donors (Lipinski definition) is 0. The summed E-state index contributed by atoms with van der Waals surface area (Å²) in [7, 11) is 0. The van der Waals surface area contributed by atoms with Crippen LogP contribution in [0, 0.1) is 17.9 Å². The van der Waals surface area contributed by atoms with Gasteiger partial charge in [-0.15, -0.1) is 0 Å². The third-order valence-corrected chi connectivity index (χ3v) is 6.60. The third kappa shape index (κ3) is 5.29. The Bertz CT molecular complexity index is 669. The van der Waals surface area contributed by atoms with Crippen LogP contribution in [-0.4, -0.2) is 89.8 Å². The van der Waals surface area contributed by atoms with Crippen molar-refractivity contribution in [2.24, 2.45) is 0 Å². The van der Waals surface area contributed by atoms with Gasteiger partial charge < -0.3 is 19.6 Å². The molecule has 3 heterocycles. The van der Waals surface area contributed by atoms with Crippen LogP contribution in [0.5, 0.6) is 0 Å². The monoisotopic (exact) mass is 398 g/mol. The van der Waals surface area contributed by atoms with Crippen molar-refractivity contribution >= 4 is 5.78 Å². The van der Waals surface area contributed by atoms with E-state index < -0.39 is 0 Å². The number of ketones is 1. The van der Waals surface area contributed by atoms with Gasteiger partial charge in [0.15, 0.2) is 0 Å². The molecule has 0 saturated carbocycles. The van der Waals surface area contributed by atoms with Crippen molar-refractivity contribution in [3.63, 3.8) is 0 Å². The number of likely N-dealkylation sites (tertiary alicyclic amines) is 2. The van der Waals surface area contributed by atoms with Crippen LogP contribution in [0.3, 0.4) is 0 Å². The minimum absolute atomic E-state index is 0.234. The Morgan fingerprint density at radius 2 is 1.83 bits per heavy atom. The molecule has 0 aliphatic carbocycles. The summed E-state index contributed by atoms with van der Waals surface area (Å²) in [6.07, 6.45) is 4.53. The number of Topliss-reactive ketones (excluding diaryl/α,β-unsaturated/α-hetero) is 1. The normalized spacial score (nSPS) is 24.1. The number of carbonyl (C=O) groups excluding carboxylic acids is 1. The smallest absolute Gasteiger partial charge is 0.300 e. The van der Waals surface area contributed by atoms with E-state index in [4.69, 9.17) is 6.57 Å². The van der Waals surface area contributed by atoms with Crippen LogP contribution in [0.2, 0.25) is 0 Å².